The van der Waals surface area contributed by atoms with Crippen molar-refractivity contribution in [3.05, 3.63) is 35.6 Å². The Kier molecular flexibility index (Phi) is 3.07. The molecule has 1 aliphatic rings. The summed E-state index contributed by atoms with van der Waals surface area (Å²) in [6.07, 6.45) is 0.429. The molecule has 0 radical (unpaired) electrons. The number of hydrogen-bond donors (Lipinski definition) is 1. The van der Waals surface area contributed by atoms with Crippen LogP contribution in [0.1, 0.15) is 30.6 Å². The normalized spacial score (nSPS) is 21.5. The molecule has 1 heterocycles. The van der Waals surface area contributed by atoms with Crippen molar-refractivity contribution >= 4 is 11.9 Å². The van der Waals surface area contributed by atoms with Gasteiger partial charge in [0.2, 0.25) is 0 Å². The summed E-state index contributed by atoms with van der Waals surface area (Å²) in [5, 5.41) is 2.58. The predicted molar refractivity (Wildman–Crippen MR) is 62.4 cm³/mol. The minimum absolute atomic E-state index is 0.314. The fourth-order valence-corrected chi connectivity index (χ4v) is 1.91. The number of cyclic esters (lactones) is 1. The number of rotatable bonds is 2. The van der Waals surface area contributed by atoms with E-state index in [2.05, 4.69) is 5.32 Å². The third kappa shape index (κ3) is 2.67. The zero-order valence-corrected chi connectivity index (χ0v) is 10.2. The van der Waals surface area contributed by atoms with Gasteiger partial charge in [-0.15, -0.1) is 0 Å². The van der Waals surface area contributed by atoms with E-state index in [0.29, 0.717) is 12.0 Å². The van der Waals surface area contributed by atoms with Crippen LogP contribution in [0.2, 0.25) is 0 Å². The molecule has 1 N–H and O–H groups in total. The van der Waals surface area contributed by atoms with Gasteiger partial charge in [0.25, 0.3) is 5.91 Å². The molecular weight excluding hydrogens is 237 g/mol. The highest BCUT2D eigenvalue weighted by molar-refractivity contribution is 5.97. The molecule has 1 atom stereocenters. The zero-order chi connectivity index (χ0) is 13.3. The Bertz CT molecular complexity index is 482. The van der Waals surface area contributed by atoms with Crippen LogP contribution in [0.25, 0.3) is 0 Å². The van der Waals surface area contributed by atoms with Crippen molar-refractivity contribution < 1.29 is 18.7 Å². The standard InChI is InChI=1S/C13H14FNO3/c1-13(2)7-10(12(17)18-13)15-11(16)8-3-5-9(14)6-4-8/h3-6,10H,7H2,1-2H3,(H,15,16). The van der Waals surface area contributed by atoms with Gasteiger partial charge in [0, 0.05) is 12.0 Å². The minimum Gasteiger partial charge on any atom is -0.458 e. The van der Waals surface area contributed by atoms with Crippen LogP contribution in [-0.4, -0.2) is 23.5 Å². The van der Waals surface area contributed by atoms with Crippen molar-refractivity contribution in [1.82, 2.24) is 5.32 Å². The SMILES string of the molecule is CC1(C)CC(NC(=O)c2ccc(F)cc2)C(=O)O1. The fourth-order valence-electron chi connectivity index (χ4n) is 1.91. The van der Waals surface area contributed by atoms with Crippen molar-refractivity contribution in [1.29, 1.82) is 0 Å². The number of hydrogen-bond acceptors (Lipinski definition) is 3. The van der Waals surface area contributed by atoms with Gasteiger partial charge in [0.05, 0.1) is 0 Å². The Morgan fingerprint density at radius 3 is 2.50 bits per heavy atom. The monoisotopic (exact) mass is 251 g/mol. The van der Waals surface area contributed by atoms with Crippen LogP contribution in [0.5, 0.6) is 0 Å². The molecule has 0 aromatic heterocycles. The molecule has 0 saturated carbocycles. The molecule has 2 rings (SSSR count). The Morgan fingerprint density at radius 2 is 2.00 bits per heavy atom. The molecule has 18 heavy (non-hydrogen) atoms. The van der Waals surface area contributed by atoms with Crippen molar-refractivity contribution in [2.45, 2.75) is 31.9 Å². The molecule has 1 aromatic rings. The molecule has 1 saturated heterocycles. The molecule has 4 nitrogen and oxygen atoms in total. The van der Waals surface area contributed by atoms with E-state index in [9.17, 15) is 14.0 Å². The van der Waals surface area contributed by atoms with Gasteiger partial charge in [0.1, 0.15) is 17.5 Å². The van der Waals surface area contributed by atoms with Gasteiger partial charge in [-0.25, -0.2) is 9.18 Å². The Morgan fingerprint density at radius 1 is 1.39 bits per heavy atom. The lowest BCUT2D eigenvalue weighted by Gasteiger charge is -2.14. The molecule has 1 amide bonds. The molecule has 1 aliphatic heterocycles. The quantitative estimate of drug-likeness (QED) is 0.813. The van der Waals surface area contributed by atoms with E-state index in [1.54, 1.807) is 13.8 Å². The lowest BCUT2D eigenvalue weighted by atomic mass is 10.0. The first-order valence-corrected chi connectivity index (χ1v) is 5.67. The highest BCUT2D eigenvalue weighted by atomic mass is 19.1. The number of amides is 1. The number of ether oxygens (including phenoxy) is 1. The van der Waals surface area contributed by atoms with E-state index in [1.807, 2.05) is 0 Å². The lowest BCUT2D eigenvalue weighted by Crippen LogP contribution is -2.38. The topological polar surface area (TPSA) is 55.4 Å². The van der Waals surface area contributed by atoms with Crippen LogP contribution in [0.15, 0.2) is 24.3 Å². The second-order valence-corrected chi connectivity index (χ2v) is 4.92. The van der Waals surface area contributed by atoms with E-state index in [1.165, 1.54) is 24.3 Å². The first kappa shape index (κ1) is 12.5. The van der Waals surface area contributed by atoms with E-state index in [0.717, 1.165) is 0 Å². The number of carbonyl (C=O) groups excluding carboxylic acids is 2. The summed E-state index contributed by atoms with van der Waals surface area (Å²) >= 11 is 0. The Labute approximate surface area is 104 Å². The Balaban J connectivity index is 2.04. The second-order valence-electron chi connectivity index (χ2n) is 4.92. The van der Waals surface area contributed by atoms with Crippen LogP contribution in [0.4, 0.5) is 4.39 Å². The van der Waals surface area contributed by atoms with Gasteiger partial charge in [-0.1, -0.05) is 0 Å². The summed E-state index contributed by atoms with van der Waals surface area (Å²) in [5.74, 6) is -1.25. The molecule has 0 bridgehead atoms. The molecule has 1 aromatic carbocycles. The zero-order valence-electron chi connectivity index (χ0n) is 10.2. The molecule has 96 valence electrons. The van der Waals surface area contributed by atoms with Crippen molar-refractivity contribution in [2.24, 2.45) is 0 Å². The number of nitrogens with one attached hydrogen (secondary N) is 1. The smallest absolute Gasteiger partial charge is 0.329 e. The van der Waals surface area contributed by atoms with E-state index < -0.39 is 29.3 Å². The molecule has 5 heteroatoms. The highest BCUT2D eigenvalue weighted by Gasteiger charge is 2.40. The van der Waals surface area contributed by atoms with Gasteiger partial charge in [0.15, 0.2) is 0 Å². The second kappa shape index (κ2) is 4.40. The van der Waals surface area contributed by atoms with Crippen molar-refractivity contribution in [2.75, 3.05) is 0 Å². The summed E-state index contributed by atoms with van der Waals surface area (Å²) in [7, 11) is 0. The van der Waals surface area contributed by atoms with Gasteiger partial charge in [-0.3, -0.25) is 4.79 Å². The maximum Gasteiger partial charge on any atom is 0.329 e. The first-order valence-electron chi connectivity index (χ1n) is 5.67. The van der Waals surface area contributed by atoms with Crippen molar-refractivity contribution in [3.8, 4) is 0 Å². The van der Waals surface area contributed by atoms with Gasteiger partial charge in [-0.2, -0.15) is 0 Å². The van der Waals surface area contributed by atoms with Gasteiger partial charge in [-0.05, 0) is 38.1 Å². The third-order valence-corrected chi connectivity index (χ3v) is 2.77. The minimum atomic E-state index is -0.641. The van der Waals surface area contributed by atoms with E-state index >= 15 is 0 Å². The maximum atomic E-state index is 12.7. The Hall–Kier alpha value is -1.91. The summed E-state index contributed by atoms with van der Waals surface area (Å²) in [6.45, 7) is 3.57. The van der Waals surface area contributed by atoms with Crippen LogP contribution in [0, 0.1) is 5.82 Å². The van der Waals surface area contributed by atoms with Gasteiger partial charge >= 0.3 is 5.97 Å². The third-order valence-electron chi connectivity index (χ3n) is 2.77. The van der Waals surface area contributed by atoms with Crippen LogP contribution < -0.4 is 5.32 Å². The maximum absolute atomic E-state index is 12.7. The van der Waals surface area contributed by atoms with Crippen LogP contribution >= 0.6 is 0 Å². The number of carbonyl (C=O) groups is 2. The van der Waals surface area contributed by atoms with Crippen LogP contribution in [-0.2, 0) is 9.53 Å². The molecule has 1 unspecified atom stereocenters. The summed E-state index contributed by atoms with van der Waals surface area (Å²) in [4.78, 5) is 23.3. The predicted octanol–water partition coefficient (Wildman–Crippen LogP) is 1.65. The molecule has 1 fully saturated rings. The van der Waals surface area contributed by atoms with Crippen molar-refractivity contribution in [3.63, 3.8) is 0 Å². The summed E-state index contributed by atoms with van der Waals surface area (Å²) in [6, 6.07) is 4.50. The average molecular weight is 251 g/mol. The van der Waals surface area contributed by atoms with E-state index in [4.69, 9.17) is 4.74 Å². The summed E-state index contributed by atoms with van der Waals surface area (Å²) < 4.78 is 17.8. The number of esters is 1. The van der Waals surface area contributed by atoms with Gasteiger partial charge < -0.3 is 10.1 Å². The van der Waals surface area contributed by atoms with E-state index in [-0.39, 0.29) is 0 Å². The lowest BCUT2D eigenvalue weighted by molar-refractivity contribution is -0.147. The average Bonchev–Trinajstić information content (AvgIpc) is 2.52. The molecular formula is C13H14FNO3. The largest absolute Gasteiger partial charge is 0.458 e. The summed E-state index contributed by atoms with van der Waals surface area (Å²) in [5.41, 5.74) is -0.244. The number of benzene rings is 1. The number of halogens is 1. The highest BCUT2D eigenvalue weighted by Crippen LogP contribution is 2.25. The first-order chi connectivity index (χ1) is 8.37. The fraction of sp³-hybridized carbons (Fsp3) is 0.385. The van der Waals surface area contributed by atoms with Crippen LogP contribution in [0.3, 0.4) is 0 Å². The molecule has 0 spiro atoms. The molecule has 0 aliphatic carbocycles.